The van der Waals surface area contributed by atoms with Crippen molar-refractivity contribution in [2.24, 2.45) is 5.73 Å². The van der Waals surface area contributed by atoms with Gasteiger partial charge in [-0.1, -0.05) is 24.3 Å². The molecule has 0 unspecified atom stereocenters. The molecule has 0 atom stereocenters. The first-order valence-electron chi connectivity index (χ1n) is 6.39. The quantitative estimate of drug-likeness (QED) is 0.656. The topological polar surface area (TPSA) is 62.3 Å². The second-order valence-electron chi connectivity index (χ2n) is 4.88. The third-order valence-electron chi connectivity index (χ3n) is 3.45. The van der Waals surface area contributed by atoms with Crippen molar-refractivity contribution in [3.05, 3.63) is 35.4 Å². The number of nitrogens with two attached hydrogens (primary N) is 1. The van der Waals surface area contributed by atoms with Gasteiger partial charge in [0.05, 0.1) is 12.7 Å². The first-order valence-corrected chi connectivity index (χ1v) is 6.39. The fraction of sp³-hybridized carbons (Fsp3) is 0.500. The third-order valence-corrected chi connectivity index (χ3v) is 3.45. The van der Waals surface area contributed by atoms with Crippen LogP contribution in [0.15, 0.2) is 24.3 Å². The van der Waals surface area contributed by atoms with Crippen molar-refractivity contribution in [1.29, 1.82) is 5.41 Å². The maximum absolute atomic E-state index is 7.54. The number of nitrogens with zero attached hydrogens (tertiary/aromatic N) is 1. The summed E-state index contributed by atoms with van der Waals surface area (Å²) in [6.07, 6.45) is 2.50. The lowest BCUT2D eigenvalue weighted by Gasteiger charge is -2.29. The number of nitrogen functional groups attached to an aromatic ring is 1. The van der Waals surface area contributed by atoms with E-state index in [1.807, 2.05) is 24.3 Å². The molecule has 1 aliphatic heterocycles. The molecule has 2 rings (SSSR count). The normalized spacial score (nSPS) is 16.9. The van der Waals surface area contributed by atoms with Crippen molar-refractivity contribution in [2.75, 3.05) is 20.1 Å². The third kappa shape index (κ3) is 4.49. The largest absolute Gasteiger partial charge is 0.384 e. The lowest BCUT2D eigenvalue weighted by atomic mass is 10.1. The maximum Gasteiger partial charge on any atom is 0.123 e. The molecule has 1 aromatic carbocycles. The van der Waals surface area contributed by atoms with Crippen LogP contribution in [-0.4, -0.2) is 37.0 Å². The molecular formula is C14H22ClN3O. The minimum Gasteiger partial charge on any atom is -0.384 e. The summed E-state index contributed by atoms with van der Waals surface area (Å²) in [7, 11) is 2.14. The summed E-state index contributed by atoms with van der Waals surface area (Å²) in [5.41, 5.74) is 7.35. The molecule has 0 saturated carbocycles. The Morgan fingerprint density at radius 1 is 1.37 bits per heavy atom. The average molecular weight is 284 g/mol. The molecule has 0 aliphatic carbocycles. The van der Waals surface area contributed by atoms with Crippen molar-refractivity contribution >= 4 is 18.2 Å². The van der Waals surface area contributed by atoms with Crippen LogP contribution >= 0.6 is 12.4 Å². The zero-order valence-electron chi connectivity index (χ0n) is 11.3. The standard InChI is InChI=1S/C14H21N3O.ClH/c1-17-8-6-12(7-9-17)18-10-11-4-2-3-5-13(11)14(15)16;/h2-5,12H,6-10H2,1H3,(H3,15,16);1H. The van der Waals surface area contributed by atoms with Gasteiger partial charge in [-0.15, -0.1) is 12.4 Å². The molecule has 1 aromatic rings. The Hall–Kier alpha value is -1.10. The van der Waals surface area contributed by atoms with Gasteiger partial charge in [-0.05, 0) is 25.5 Å². The van der Waals surface area contributed by atoms with E-state index in [2.05, 4.69) is 11.9 Å². The fourth-order valence-electron chi connectivity index (χ4n) is 2.27. The minimum atomic E-state index is 0. The molecule has 0 spiro atoms. The van der Waals surface area contributed by atoms with Gasteiger partial charge in [0.25, 0.3) is 0 Å². The first kappa shape index (κ1) is 16.0. The Morgan fingerprint density at radius 2 is 2.00 bits per heavy atom. The monoisotopic (exact) mass is 283 g/mol. The van der Waals surface area contributed by atoms with Crippen LogP contribution in [0.5, 0.6) is 0 Å². The van der Waals surface area contributed by atoms with Crippen molar-refractivity contribution in [1.82, 2.24) is 4.90 Å². The highest BCUT2D eigenvalue weighted by molar-refractivity contribution is 5.96. The molecule has 4 nitrogen and oxygen atoms in total. The van der Waals surface area contributed by atoms with Crippen LogP contribution in [0.1, 0.15) is 24.0 Å². The lowest BCUT2D eigenvalue weighted by Crippen LogP contribution is -2.34. The number of nitrogens with one attached hydrogen (secondary N) is 1. The lowest BCUT2D eigenvalue weighted by molar-refractivity contribution is 0.00208. The minimum absolute atomic E-state index is 0. The Labute approximate surface area is 120 Å². The van der Waals surface area contributed by atoms with Crippen LogP contribution in [0.2, 0.25) is 0 Å². The van der Waals surface area contributed by atoms with Gasteiger partial charge in [0.1, 0.15) is 5.84 Å². The van der Waals surface area contributed by atoms with Crippen LogP contribution in [-0.2, 0) is 11.3 Å². The number of benzene rings is 1. The summed E-state index contributed by atoms with van der Waals surface area (Å²) < 4.78 is 5.93. The van der Waals surface area contributed by atoms with Gasteiger partial charge >= 0.3 is 0 Å². The van der Waals surface area contributed by atoms with E-state index in [0.717, 1.165) is 37.1 Å². The molecule has 3 N–H and O–H groups in total. The molecule has 1 saturated heterocycles. The molecule has 19 heavy (non-hydrogen) atoms. The van der Waals surface area contributed by atoms with E-state index in [4.69, 9.17) is 15.9 Å². The number of amidine groups is 1. The number of rotatable bonds is 4. The summed E-state index contributed by atoms with van der Waals surface area (Å²) >= 11 is 0. The van der Waals surface area contributed by atoms with E-state index in [1.54, 1.807) is 0 Å². The predicted molar refractivity (Wildman–Crippen MR) is 80.0 cm³/mol. The van der Waals surface area contributed by atoms with Gasteiger partial charge in [-0.2, -0.15) is 0 Å². The summed E-state index contributed by atoms with van der Waals surface area (Å²) in [4.78, 5) is 2.32. The zero-order valence-corrected chi connectivity index (χ0v) is 12.1. The molecular weight excluding hydrogens is 262 g/mol. The van der Waals surface area contributed by atoms with Crippen LogP contribution in [0.25, 0.3) is 0 Å². The Kier molecular flexibility index (Phi) is 6.28. The molecule has 0 radical (unpaired) electrons. The summed E-state index contributed by atoms with van der Waals surface area (Å²) in [5.74, 6) is 0.109. The molecule has 0 bridgehead atoms. The zero-order chi connectivity index (χ0) is 13.0. The smallest absolute Gasteiger partial charge is 0.123 e. The second kappa shape index (κ2) is 7.48. The van der Waals surface area contributed by atoms with Crippen molar-refractivity contribution in [3.63, 3.8) is 0 Å². The van der Waals surface area contributed by atoms with Crippen molar-refractivity contribution in [3.8, 4) is 0 Å². The van der Waals surface area contributed by atoms with Gasteiger partial charge in [-0.25, -0.2) is 0 Å². The molecule has 0 amide bonds. The van der Waals surface area contributed by atoms with E-state index in [9.17, 15) is 0 Å². The molecule has 0 aromatic heterocycles. The van der Waals surface area contributed by atoms with E-state index in [1.165, 1.54) is 0 Å². The summed E-state index contributed by atoms with van der Waals surface area (Å²) in [6, 6.07) is 7.71. The number of hydrogen-bond donors (Lipinski definition) is 2. The van der Waals surface area contributed by atoms with E-state index in [-0.39, 0.29) is 18.2 Å². The highest BCUT2D eigenvalue weighted by Crippen LogP contribution is 2.16. The number of piperidine rings is 1. The van der Waals surface area contributed by atoms with Crippen LogP contribution < -0.4 is 5.73 Å². The summed E-state index contributed by atoms with van der Waals surface area (Å²) in [6.45, 7) is 2.74. The predicted octanol–water partition coefficient (Wildman–Crippen LogP) is 2.00. The maximum atomic E-state index is 7.54. The van der Waals surface area contributed by atoms with Crippen LogP contribution in [0.4, 0.5) is 0 Å². The first-order chi connectivity index (χ1) is 8.66. The van der Waals surface area contributed by atoms with Crippen molar-refractivity contribution in [2.45, 2.75) is 25.6 Å². The van der Waals surface area contributed by atoms with E-state index < -0.39 is 0 Å². The Balaban J connectivity index is 0.00000180. The number of halogens is 1. The van der Waals surface area contributed by atoms with Gasteiger partial charge in [0.15, 0.2) is 0 Å². The highest BCUT2D eigenvalue weighted by atomic mass is 35.5. The Morgan fingerprint density at radius 3 is 2.63 bits per heavy atom. The molecule has 106 valence electrons. The summed E-state index contributed by atoms with van der Waals surface area (Å²) in [5, 5.41) is 7.54. The molecule has 1 fully saturated rings. The number of ether oxygens (including phenoxy) is 1. The number of hydrogen-bond acceptors (Lipinski definition) is 3. The van der Waals surface area contributed by atoms with E-state index >= 15 is 0 Å². The highest BCUT2D eigenvalue weighted by Gasteiger charge is 2.17. The molecule has 5 heteroatoms. The van der Waals surface area contributed by atoms with E-state index in [0.29, 0.717) is 12.7 Å². The molecule has 1 aliphatic rings. The number of likely N-dealkylation sites (tertiary alicyclic amines) is 1. The SMILES string of the molecule is CN1CCC(OCc2ccccc2C(=N)N)CC1.Cl. The average Bonchev–Trinajstić information content (AvgIpc) is 2.38. The van der Waals surface area contributed by atoms with Crippen LogP contribution in [0.3, 0.4) is 0 Å². The van der Waals surface area contributed by atoms with Crippen molar-refractivity contribution < 1.29 is 4.74 Å². The fourth-order valence-corrected chi connectivity index (χ4v) is 2.27. The van der Waals surface area contributed by atoms with Crippen LogP contribution in [0, 0.1) is 5.41 Å². The second-order valence-corrected chi connectivity index (χ2v) is 4.88. The Bertz CT molecular complexity index is 417. The van der Waals surface area contributed by atoms with Gasteiger partial charge in [0, 0.05) is 18.7 Å². The van der Waals surface area contributed by atoms with Gasteiger partial charge in [0.2, 0.25) is 0 Å². The van der Waals surface area contributed by atoms with Gasteiger partial charge < -0.3 is 15.4 Å². The van der Waals surface area contributed by atoms with Gasteiger partial charge in [-0.3, -0.25) is 5.41 Å². The molecule has 1 heterocycles.